The highest BCUT2D eigenvalue weighted by Gasteiger charge is 2.09. The molecule has 0 aromatic carbocycles. The summed E-state index contributed by atoms with van der Waals surface area (Å²) in [7, 11) is 0. The summed E-state index contributed by atoms with van der Waals surface area (Å²) in [6.07, 6.45) is 1.51. The Labute approximate surface area is 80.6 Å². The molecule has 0 saturated heterocycles. The van der Waals surface area contributed by atoms with Crippen molar-refractivity contribution in [3.05, 3.63) is 12.2 Å². The average Bonchev–Trinajstić information content (AvgIpc) is 2.00. The summed E-state index contributed by atoms with van der Waals surface area (Å²) < 4.78 is 23.9. The third-order valence-corrected chi connectivity index (χ3v) is 1.75. The molecule has 0 amide bonds. The van der Waals surface area contributed by atoms with Crippen molar-refractivity contribution in [3.8, 4) is 0 Å². The van der Waals surface area contributed by atoms with E-state index in [4.69, 9.17) is 0 Å². The summed E-state index contributed by atoms with van der Waals surface area (Å²) in [5.41, 5.74) is 0. The second kappa shape index (κ2) is 7.68. The Hall–Kier alpha value is 0.0400. The van der Waals surface area contributed by atoms with Crippen molar-refractivity contribution in [2.45, 2.75) is 13.3 Å². The van der Waals surface area contributed by atoms with Crippen LogP contribution in [-0.2, 0) is 0 Å². The summed E-state index contributed by atoms with van der Waals surface area (Å²) in [5.74, 6) is 0. The second-order valence-electron chi connectivity index (χ2n) is 2.41. The highest BCUT2D eigenvalue weighted by atomic mass is 79.9. The van der Waals surface area contributed by atoms with Crippen LogP contribution in [0.5, 0.6) is 0 Å². The van der Waals surface area contributed by atoms with Crippen LogP contribution in [0.4, 0.5) is 8.78 Å². The van der Waals surface area contributed by atoms with Crippen LogP contribution in [0.15, 0.2) is 12.2 Å². The molecule has 0 saturated carbocycles. The Balaban J connectivity index is 3.69. The van der Waals surface area contributed by atoms with E-state index in [1.54, 1.807) is 4.90 Å². The molecule has 0 fully saturated rings. The van der Waals surface area contributed by atoms with Gasteiger partial charge in [-0.15, -0.1) is 0 Å². The van der Waals surface area contributed by atoms with Crippen molar-refractivity contribution < 1.29 is 8.78 Å². The lowest BCUT2D eigenvalue weighted by Crippen LogP contribution is -2.30. The number of nitrogens with zero attached hydrogens (tertiary/aromatic N) is 1. The molecule has 0 atom stereocenters. The van der Waals surface area contributed by atoms with Crippen LogP contribution in [0.1, 0.15) is 6.92 Å². The number of hydrogen-bond acceptors (Lipinski definition) is 1. The van der Waals surface area contributed by atoms with Gasteiger partial charge in [-0.25, -0.2) is 8.78 Å². The van der Waals surface area contributed by atoms with Gasteiger partial charge in [0.05, 0.1) is 6.54 Å². The van der Waals surface area contributed by atoms with Gasteiger partial charge in [0.1, 0.15) is 0 Å². The molecule has 1 nitrogen and oxygen atoms in total. The van der Waals surface area contributed by atoms with E-state index in [0.29, 0.717) is 13.1 Å². The average molecular weight is 242 g/mol. The molecule has 0 unspecified atom stereocenters. The summed E-state index contributed by atoms with van der Waals surface area (Å²) in [6.45, 7) is 3.01. The molecule has 0 N–H and O–H groups in total. The van der Waals surface area contributed by atoms with Gasteiger partial charge in [-0.2, -0.15) is 0 Å². The smallest absolute Gasteiger partial charge is 0.251 e. The van der Waals surface area contributed by atoms with E-state index >= 15 is 0 Å². The van der Waals surface area contributed by atoms with Crippen molar-refractivity contribution in [2.24, 2.45) is 0 Å². The maximum atomic E-state index is 12.0. The predicted octanol–water partition coefficient (Wildman–Crippen LogP) is 2.52. The molecule has 0 bridgehead atoms. The Bertz CT molecular complexity index is 128. The fourth-order valence-corrected chi connectivity index (χ4v) is 1.33. The van der Waals surface area contributed by atoms with E-state index < -0.39 is 6.43 Å². The van der Waals surface area contributed by atoms with Gasteiger partial charge in [0.15, 0.2) is 0 Å². The monoisotopic (exact) mass is 241 g/mol. The normalized spacial score (nSPS) is 12.2. The van der Waals surface area contributed by atoms with Gasteiger partial charge in [0.2, 0.25) is 0 Å². The zero-order chi connectivity index (χ0) is 9.40. The largest absolute Gasteiger partial charge is 0.293 e. The Kier molecular flexibility index (Phi) is 7.70. The quantitative estimate of drug-likeness (QED) is 0.511. The molecule has 0 aliphatic heterocycles. The number of allylic oxidation sites excluding steroid dienone is 1. The third kappa shape index (κ3) is 6.73. The number of halogens is 3. The number of hydrogen-bond donors (Lipinski definition) is 0. The highest BCUT2D eigenvalue weighted by Crippen LogP contribution is 1.99. The summed E-state index contributed by atoms with van der Waals surface area (Å²) in [5, 5.41) is 0.733. The molecule has 0 rings (SSSR count). The molecule has 4 heteroatoms. The second-order valence-corrected chi connectivity index (χ2v) is 3.20. The van der Waals surface area contributed by atoms with Crippen molar-refractivity contribution in [1.82, 2.24) is 4.90 Å². The van der Waals surface area contributed by atoms with Crippen LogP contribution in [0, 0.1) is 0 Å². The fraction of sp³-hybridized carbons (Fsp3) is 0.750. The minimum atomic E-state index is -2.24. The summed E-state index contributed by atoms with van der Waals surface area (Å²) in [4.78, 5) is 1.71. The molecule has 0 aliphatic carbocycles. The van der Waals surface area contributed by atoms with Crippen LogP contribution in [-0.4, -0.2) is 36.3 Å². The van der Waals surface area contributed by atoms with E-state index in [9.17, 15) is 8.78 Å². The summed E-state index contributed by atoms with van der Waals surface area (Å²) in [6, 6.07) is 0. The van der Waals surface area contributed by atoms with E-state index in [1.807, 2.05) is 19.1 Å². The maximum Gasteiger partial charge on any atom is 0.251 e. The standard InChI is InChI=1S/C8H14BrF2N/c1-2-3-5-12(6-4-9)7-8(10)11/h2-3,8H,4-7H2,1H3/b3-2+. The Morgan fingerprint density at radius 2 is 2.17 bits per heavy atom. The van der Waals surface area contributed by atoms with Crippen LogP contribution in [0.3, 0.4) is 0 Å². The first-order valence-electron chi connectivity index (χ1n) is 3.88. The molecule has 12 heavy (non-hydrogen) atoms. The van der Waals surface area contributed by atoms with E-state index in [-0.39, 0.29) is 6.54 Å². The lowest BCUT2D eigenvalue weighted by molar-refractivity contribution is 0.0969. The zero-order valence-corrected chi connectivity index (χ0v) is 8.73. The molecule has 0 radical (unpaired) electrons. The van der Waals surface area contributed by atoms with Gasteiger partial charge in [-0.05, 0) is 6.92 Å². The first-order chi connectivity index (χ1) is 5.70. The minimum absolute atomic E-state index is 0.143. The first-order valence-corrected chi connectivity index (χ1v) is 5.00. The molecular formula is C8H14BrF2N. The SMILES string of the molecule is C/C=C/CN(CCBr)CC(F)F. The fourth-order valence-electron chi connectivity index (χ4n) is 0.826. The maximum absolute atomic E-state index is 12.0. The molecule has 0 heterocycles. The lowest BCUT2D eigenvalue weighted by Gasteiger charge is -2.18. The van der Waals surface area contributed by atoms with Gasteiger partial charge in [0, 0.05) is 18.4 Å². The molecule has 0 aromatic heterocycles. The highest BCUT2D eigenvalue weighted by molar-refractivity contribution is 9.09. The minimum Gasteiger partial charge on any atom is -0.293 e. The molecule has 0 spiro atoms. The van der Waals surface area contributed by atoms with Crippen LogP contribution >= 0.6 is 15.9 Å². The lowest BCUT2D eigenvalue weighted by atomic mass is 10.4. The van der Waals surface area contributed by atoms with Gasteiger partial charge in [-0.1, -0.05) is 28.1 Å². The number of rotatable bonds is 6. The van der Waals surface area contributed by atoms with E-state index in [2.05, 4.69) is 15.9 Å². The van der Waals surface area contributed by atoms with Crippen molar-refractivity contribution in [3.63, 3.8) is 0 Å². The summed E-state index contributed by atoms with van der Waals surface area (Å²) >= 11 is 3.22. The Morgan fingerprint density at radius 1 is 1.50 bits per heavy atom. The van der Waals surface area contributed by atoms with Gasteiger partial charge >= 0.3 is 0 Å². The van der Waals surface area contributed by atoms with Gasteiger partial charge in [-0.3, -0.25) is 4.90 Å². The molecule has 0 aromatic rings. The van der Waals surface area contributed by atoms with E-state index in [1.165, 1.54) is 0 Å². The van der Waals surface area contributed by atoms with Gasteiger partial charge < -0.3 is 0 Å². The topological polar surface area (TPSA) is 3.24 Å². The van der Waals surface area contributed by atoms with Crippen LogP contribution in [0.2, 0.25) is 0 Å². The van der Waals surface area contributed by atoms with Gasteiger partial charge in [0.25, 0.3) is 6.43 Å². The van der Waals surface area contributed by atoms with Crippen molar-refractivity contribution in [1.29, 1.82) is 0 Å². The van der Waals surface area contributed by atoms with Crippen molar-refractivity contribution in [2.75, 3.05) is 25.0 Å². The molecule has 72 valence electrons. The van der Waals surface area contributed by atoms with E-state index in [0.717, 1.165) is 5.33 Å². The third-order valence-electron chi connectivity index (χ3n) is 1.40. The molecular weight excluding hydrogens is 228 g/mol. The van der Waals surface area contributed by atoms with Crippen molar-refractivity contribution >= 4 is 15.9 Å². The van der Waals surface area contributed by atoms with Crippen LogP contribution < -0.4 is 0 Å². The molecule has 0 aliphatic rings. The first kappa shape index (κ1) is 12.0. The Morgan fingerprint density at radius 3 is 2.58 bits per heavy atom. The predicted molar refractivity (Wildman–Crippen MR) is 51.1 cm³/mol. The number of alkyl halides is 3. The zero-order valence-electron chi connectivity index (χ0n) is 7.14. The van der Waals surface area contributed by atoms with Crippen LogP contribution in [0.25, 0.3) is 0 Å².